The molecule has 32 heavy (non-hydrogen) atoms. The number of fused-ring (bicyclic) bond motifs is 2. The molecule has 2 heterocycles. The van der Waals surface area contributed by atoms with Gasteiger partial charge in [-0.25, -0.2) is 9.78 Å². The van der Waals surface area contributed by atoms with Gasteiger partial charge in [0.05, 0.1) is 0 Å². The van der Waals surface area contributed by atoms with Crippen LogP contribution in [0.3, 0.4) is 0 Å². The van der Waals surface area contributed by atoms with Crippen LogP contribution in [0.2, 0.25) is 0 Å². The fraction of sp³-hybridized carbons (Fsp3) is 0.333. The van der Waals surface area contributed by atoms with Gasteiger partial charge in [-0.05, 0) is 30.0 Å². The highest BCUT2D eigenvalue weighted by Crippen LogP contribution is 2.41. The van der Waals surface area contributed by atoms with Crippen molar-refractivity contribution in [3.63, 3.8) is 0 Å². The summed E-state index contributed by atoms with van der Waals surface area (Å²) < 4.78 is 41.9. The van der Waals surface area contributed by atoms with Gasteiger partial charge in [0.15, 0.2) is 6.61 Å². The predicted molar refractivity (Wildman–Crippen MR) is 104 cm³/mol. The Morgan fingerprint density at radius 1 is 1.22 bits per heavy atom. The first-order valence-electron chi connectivity index (χ1n) is 9.82. The van der Waals surface area contributed by atoms with Crippen molar-refractivity contribution in [1.82, 2.24) is 20.5 Å². The molecule has 11 heteroatoms. The maximum Gasteiger partial charge on any atom is 0.422 e. The summed E-state index contributed by atoms with van der Waals surface area (Å²) in [6.07, 6.45) is -2.23. The molecular formula is C21H19F3N4O4. The average Bonchev–Trinajstić information content (AvgIpc) is 3.24. The second kappa shape index (κ2) is 8.13. The molecule has 1 aliphatic heterocycles. The number of pyridine rings is 1. The molecule has 1 atom stereocenters. The molecule has 2 N–H and O–H groups in total. The van der Waals surface area contributed by atoms with E-state index in [2.05, 4.69) is 20.4 Å². The molecule has 4 rings (SSSR count). The number of urea groups is 1. The summed E-state index contributed by atoms with van der Waals surface area (Å²) >= 11 is 0. The summed E-state index contributed by atoms with van der Waals surface area (Å²) in [7, 11) is 0. The number of nitrogens with one attached hydrogen (secondary N) is 2. The summed E-state index contributed by atoms with van der Waals surface area (Å²) in [4.78, 5) is 42.6. The van der Waals surface area contributed by atoms with Crippen LogP contribution in [0, 0.1) is 0 Å². The summed E-state index contributed by atoms with van der Waals surface area (Å²) in [5.74, 6) is -1.41. The molecular weight excluding hydrogens is 429 g/mol. The Kier molecular flexibility index (Phi) is 5.49. The normalized spacial score (nSPS) is 19.8. The lowest BCUT2D eigenvalue weighted by molar-refractivity contribution is -0.154. The zero-order chi connectivity index (χ0) is 22.9. The number of rotatable bonds is 6. The van der Waals surface area contributed by atoms with Crippen molar-refractivity contribution in [2.45, 2.75) is 31.1 Å². The Morgan fingerprint density at radius 2 is 2.00 bits per heavy atom. The van der Waals surface area contributed by atoms with E-state index in [-0.39, 0.29) is 18.0 Å². The van der Waals surface area contributed by atoms with Crippen molar-refractivity contribution in [2.75, 3.05) is 13.2 Å². The monoisotopic (exact) mass is 448 g/mol. The van der Waals surface area contributed by atoms with Crippen LogP contribution in [0.4, 0.5) is 18.0 Å². The van der Waals surface area contributed by atoms with Crippen molar-refractivity contribution in [3.8, 4) is 5.88 Å². The van der Waals surface area contributed by atoms with Crippen LogP contribution in [0.25, 0.3) is 0 Å². The number of alkyl halides is 3. The molecule has 1 spiro atoms. The third-order valence-electron chi connectivity index (χ3n) is 5.42. The second-order valence-corrected chi connectivity index (χ2v) is 7.53. The standard InChI is InChI=1S/C21H19F3N4O4/c22-21(23,24)12-32-17-14(5-3-9-25-17)10-26-16(29)11-28-18(30)20(27-19(28)31)8-7-13-4-1-2-6-15(13)20/h1-6,9H,7-8,10-12H2,(H,26,29)(H,27,31). The molecule has 4 amide bonds. The number of nitrogens with zero attached hydrogens (tertiary/aromatic N) is 2. The van der Waals surface area contributed by atoms with E-state index in [0.29, 0.717) is 12.8 Å². The highest BCUT2D eigenvalue weighted by atomic mass is 19.4. The van der Waals surface area contributed by atoms with Crippen LogP contribution in [0.5, 0.6) is 5.88 Å². The van der Waals surface area contributed by atoms with Crippen LogP contribution in [0.1, 0.15) is 23.1 Å². The first-order chi connectivity index (χ1) is 15.2. The molecule has 1 saturated heterocycles. The van der Waals surface area contributed by atoms with Crippen LogP contribution in [-0.4, -0.2) is 47.1 Å². The van der Waals surface area contributed by atoms with E-state index < -0.39 is 42.7 Å². The van der Waals surface area contributed by atoms with Crippen molar-refractivity contribution in [3.05, 3.63) is 59.3 Å². The molecule has 8 nitrogen and oxygen atoms in total. The van der Waals surface area contributed by atoms with E-state index in [1.54, 1.807) is 12.1 Å². The van der Waals surface area contributed by atoms with E-state index in [0.717, 1.165) is 16.0 Å². The SMILES string of the molecule is O=C(CN1C(=O)NC2(CCc3ccccc32)C1=O)NCc1cccnc1OCC(F)(F)F. The number of amides is 4. The number of carbonyl (C=O) groups is 3. The topological polar surface area (TPSA) is 101 Å². The van der Waals surface area contributed by atoms with Crippen LogP contribution < -0.4 is 15.4 Å². The van der Waals surface area contributed by atoms with Gasteiger partial charge in [-0.15, -0.1) is 0 Å². The van der Waals surface area contributed by atoms with Gasteiger partial charge in [0.25, 0.3) is 5.91 Å². The first-order valence-corrected chi connectivity index (χ1v) is 9.82. The summed E-state index contributed by atoms with van der Waals surface area (Å²) in [6, 6.07) is 9.60. The number of imide groups is 1. The number of aryl methyl sites for hydroxylation is 1. The minimum absolute atomic E-state index is 0.183. The Bertz CT molecular complexity index is 1080. The van der Waals surface area contributed by atoms with Gasteiger partial charge in [0.1, 0.15) is 12.1 Å². The zero-order valence-corrected chi connectivity index (χ0v) is 16.7. The third kappa shape index (κ3) is 4.10. The smallest absolute Gasteiger partial charge is 0.422 e. The van der Waals surface area contributed by atoms with E-state index in [9.17, 15) is 27.6 Å². The molecule has 168 valence electrons. The Labute approximate surface area is 180 Å². The molecule has 1 unspecified atom stereocenters. The van der Waals surface area contributed by atoms with Gasteiger partial charge in [0.2, 0.25) is 11.8 Å². The molecule has 1 aromatic carbocycles. The summed E-state index contributed by atoms with van der Waals surface area (Å²) in [5.41, 5.74) is 0.748. The third-order valence-corrected chi connectivity index (χ3v) is 5.42. The highest BCUT2D eigenvalue weighted by Gasteiger charge is 2.55. The van der Waals surface area contributed by atoms with E-state index in [1.165, 1.54) is 18.3 Å². The largest absolute Gasteiger partial charge is 0.468 e. The molecule has 2 aliphatic rings. The van der Waals surface area contributed by atoms with E-state index in [1.807, 2.05) is 12.1 Å². The second-order valence-electron chi connectivity index (χ2n) is 7.53. The molecule has 1 aromatic heterocycles. The fourth-order valence-corrected chi connectivity index (χ4v) is 3.97. The van der Waals surface area contributed by atoms with Crippen LogP contribution in [0.15, 0.2) is 42.6 Å². The van der Waals surface area contributed by atoms with Crippen LogP contribution in [-0.2, 0) is 28.1 Å². The minimum atomic E-state index is -4.53. The molecule has 0 bridgehead atoms. The maximum atomic E-state index is 13.1. The van der Waals surface area contributed by atoms with Gasteiger partial charge in [-0.1, -0.05) is 30.3 Å². The molecule has 2 aromatic rings. The summed E-state index contributed by atoms with van der Waals surface area (Å²) in [6.45, 7) is -2.22. The average molecular weight is 448 g/mol. The van der Waals surface area contributed by atoms with Crippen molar-refractivity contribution >= 4 is 17.8 Å². The number of carbonyl (C=O) groups excluding carboxylic acids is 3. The summed E-state index contributed by atoms with van der Waals surface area (Å²) in [5, 5.41) is 5.21. The molecule has 0 radical (unpaired) electrons. The van der Waals surface area contributed by atoms with Crippen molar-refractivity contribution in [2.24, 2.45) is 0 Å². The highest BCUT2D eigenvalue weighted by molar-refractivity contribution is 6.09. The molecule has 1 fully saturated rings. The van der Waals surface area contributed by atoms with Crippen LogP contribution >= 0.6 is 0 Å². The fourth-order valence-electron chi connectivity index (χ4n) is 3.97. The predicted octanol–water partition coefficient (Wildman–Crippen LogP) is 2.03. The van der Waals surface area contributed by atoms with E-state index >= 15 is 0 Å². The number of benzene rings is 1. The van der Waals surface area contributed by atoms with Gasteiger partial charge < -0.3 is 15.4 Å². The number of aromatic nitrogens is 1. The van der Waals surface area contributed by atoms with Gasteiger partial charge in [-0.2, -0.15) is 13.2 Å². The van der Waals surface area contributed by atoms with Crippen molar-refractivity contribution < 1.29 is 32.3 Å². The molecule has 1 aliphatic carbocycles. The van der Waals surface area contributed by atoms with Gasteiger partial charge >= 0.3 is 12.2 Å². The lowest BCUT2D eigenvalue weighted by atomic mass is 9.92. The quantitative estimate of drug-likeness (QED) is 0.659. The Balaban J connectivity index is 1.40. The lowest BCUT2D eigenvalue weighted by Gasteiger charge is -2.22. The minimum Gasteiger partial charge on any atom is -0.468 e. The number of hydrogen-bond donors (Lipinski definition) is 2. The molecule has 0 saturated carbocycles. The first kappa shape index (κ1) is 21.6. The number of halogens is 3. The Hall–Kier alpha value is -3.63. The van der Waals surface area contributed by atoms with Gasteiger partial charge in [-0.3, -0.25) is 14.5 Å². The number of hydrogen-bond acceptors (Lipinski definition) is 5. The maximum absolute atomic E-state index is 13.1. The van der Waals surface area contributed by atoms with Gasteiger partial charge in [0, 0.05) is 18.3 Å². The number of ether oxygens (including phenoxy) is 1. The van der Waals surface area contributed by atoms with Crippen molar-refractivity contribution in [1.29, 1.82) is 0 Å². The zero-order valence-electron chi connectivity index (χ0n) is 16.7. The Morgan fingerprint density at radius 3 is 2.78 bits per heavy atom. The van der Waals surface area contributed by atoms with E-state index in [4.69, 9.17) is 0 Å². The lowest BCUT2D eigenvalue weighted by Crippen LogP contribution is -2.43.